The highest BCUT2D eigenvalue weighted by Crippen LogP contribution is 2.20. The molecular formula is C10H15N3O2. The molecule has 1 aliphatic rings. The van der Waals surface area contributed by atoms with Crippen LogP contribution in [0.5, 0.6) is 0 Å². The number of amides is 1. The molecule has 1 aliphatic heterocycles. The molecule has 1 unspecified atom stereocenters. The Balaban J connectivity index is 1.93. The fraction of sp³-hybridized carbons (Fsp3) is 0.600. The number of aromatic amines is 1. The largest absolute Gasteiger partial charge is 0.396 e. The fourth-order valence-electron chi connectivity index (χ4n) is 1.98. The molecule has 2 N–H and O–H groups in total. The molecule has 82 valence electrons. The summed E-state index contributed by atoms with van der Waals surface area (Å²) < 4.78 is 0. The lowest BCUT2D eigenvalue weighted by molar-refractivity contribution is 0.0779. The van der Waals surface area contributed by atoms with Gasteiger partial charge in [0, 0.05) is 19.7 Å². The molecular weight excluding hydrogens is 194 g/mol. The molecule has 0 bridgehead atoms. The Bertz CT molecular complexity index is 323. The van der Waals surface area contributed by atoms with Gasteiger partial charge in [0.1, 0.15) is 5.69 Å². The lowest BCUT2D eigenvalue weighted by atomic mass is 10.1. The van der Waals surface area contributed by atoms with Crippen LogP contribution in [0.15, 0.2) is 12.5 Å². The topological polar surface area (TPSA) is 69.2 Å². The van der Waals surface area contributed by atoms with E-state index in [1.54, 1.807) is 6.20 Å². The zero-order chi connectivity index (χ0) is 10.7. The van der Waals surface area contributed by atoms with Gasteiger partial charge >= 0.3 is 0 Å². The summed E-state index contributed by atoms with van der Waals surface area (Å²) in [5.41, 5.74) is 0.541. The second kappa shape index (κ2) is 4.44. The Morgan fingerprint density at radius 2 is 2.60 bits per heavy atom. The van der Waals surface area contributed by atoms with Crippen LogP contribution in [0.1, 0.15) is 23.3 Å². The van der Waals surface area contributed by atoms with E-state index in [2.05, 4.69) is 9.97 Å². The molecule has 0 radical (unpaired) electrons. The number of aliphatic hydroxyl groups excluding tert-OH is 1. The Hall–Kier alpha value is -1.36. The predicted octanol–water partition coefficient (Wildman–Crippen LogP) is 0.254. The lowest BCUT2D eigenvalue weighted by Crippen LogP contribution is -2.29. The molecule has 1 fully saturated rings. The normalized spacial score (nSPS) is 20.9. The maximum Gasteiger partial charge on any atom is 0.271 e. The van der Waals surface area contributed by atoms with E-state index >= 15 is 0 Å². The van der Waals surface area contributed by atoms with Gasteiger partial charge in [0.15, 0.2) is 0 Å². The maximum absolute atomic E-state index is 11.9. The van der Waals surface area contributed by atoms with Crippen molar-refractivity contribution in [1.29, 1.82) is 0 Å². The molecule has 5 heteroatoms. The average molecular weight is 209 g/mol. The van der Waals surface area contributed by atoms with Gasteiger partial charge in [-0.15, -0.1) is 0 Å². The molecule has 0 saturated carbocycles. The Labute approximate surface area is 88.1 Å². The summed E-state index contributed by atoms with van der Waals surface area (Å²) in [4.78, 5) is 20.3. The van der Waals surface area contributed by atoms with Crippen molar-refractivity contribution in [2.75, 3.05) is 19.7 Å². The highest BCUT2D eigenvalue weighted by molar-refractivity contribution is 5.92. The minimum atomic E-state index is 0.00735. The van der Waals surface area contributed by atoms with Crippen LogP contribution in [-0.2, 0) is 0 Å². The van der Waals surface area contributed by atoms with Crippen molar-refractivity contribution < 1.29 is 9.90 Å². The number of H-pyrrole nitrogens is 1. The second-order valence-corrected chi connectivity index (χ2v) is 3.88. The summed E-state index contributed by atoms with van der Waals surface area (Å²) in [7, 11) is 0. The number of carbonyl (C=O) groups is 1. The highest BCUT2D eigenvalue weighted by Gasteiger charge is 2.26. The molecule has 1 aromatic rings. The highest BCUT2D eigenvalue weighted by atomic mass is 16.3. The van der Waals surface area contributed by atoms with Crippen molar-refractivity contribution in [2.45, 2.75) is 12.8 Å². The van der Waals surface area contributed by atoms with Crippen molar-refractivity contribution in [3.05, 3.63) is 18.2 Å². The first-order valence-electron chi connectivity index (χ1n) is 5.19. The second-order valence-electron chi connectivity index (χ2n) is 3.88. The number of likely N-dealkylation sites (tertiary alicyclic amines) is 1. The van der Waals surface area contributed by atoms with Crippen molar-refractivity contribution in [3.8, 4) is 0 Å². The summed E-state index contributed by atoms with van der Waals surface area (Å²) in [5.74, 6) is 0.454. The third kappa shape index (κ3) is 2.18. The molecule has 0 aromatic carbocycles. The van der Waals surface area contributed by atoms with Gasteiger partial charge in [-0.25, -0.2) is 4.98 Å². The molecule has 15 heavy (non-hydrogen) atoms. The molecule has 1 saturated heterocycles. The number of hydrogen-bond donors (Lipinski definition) is 2. The van der Waals surface area contributed by atoms with Crippen LogP contribution in [-0.4, -0.2) is 45.6 Å². The average Bonchev–Trinajstić information content (AvgIpc) is 2.87. The van der Waals surface area contributed by atoms with Gasteiger partial charge < -0.3 is 15.0 Å². The third-order valence-electron chi connectivity index (χ3n) is 2.84. The molecule has 1 amide bonds. The molecule has 2 rings (SSSR count). The number of imidazole rings is 1. The zero-order valence-electron chi connectivity index (χ0n) is 8.52. The third-order valence-corrected chi connectivity index (χ3v) is 2.84. The lowest BCUT2D eigenvalue weighted by Gasteiger charge is -2.14. The van der Waals surface area contributed by atoms with E-state index in [-0.39, 0.29) is 12.5 Å². The zero-order valence-corrected chi connectivity index (χ0v) is 8.52. The minimum absolute atomic E-state index is 0.00735. The Morgan fingerprint density at radius 3 is 3.27 bits per heavy atom. The fourth-order valence-corrected chi connectivity index (χ4v) is 1.98. The van der Waals surface area contributed by atoms with Gasteiger partial charge in [0.05, 0.1) is 12.5 Å². The van der Waals surface area contributed by atoms with Crippen LogP contribution in [0, 0.1) is 5.92 Å². The van der Waals surface area contributed by atoms with Crippen LogP contribution < -0.4 is 0 Å². The van der Waals surface area contributed by atoms with Crippen molar-refractivity contribution in [1.82, 2.24) is 14.9 Å². The van der Waals surface area contributed by atoms with E-state index in [0.29, 0.717) is 11.6 Å². The van der Waals surface area contributed by atoms with Crippen molar-refractivity contribution in [2.24, 2.45) is 5.92 Å². The van der Waals surface area contributed by atoms with E-state index in [1.807, 2.05) is 4.90 Å². The maximum atomic E-state index is 11.9. The van der Waals surface area contributed by atoms with Gasteiger partial charge in [0.2, 0.25) is 0 Å². The molecule has 0 spiro atoms. The monoisotopic (exact) mass is 209 g/mol. The van der Waals surface area contributed by atoms with Crippen LogP contribution in [0.2, 0.25) is 0 Å². The Morgan fingerprint density at radius 1 is 1.73 bits per heavy atom. The van der Waals surface area contributed by atoms with Crippen molar-refractivity contribution >= 4 is 5.91 Å². The van der Waals surface area contributed by atoms with E-state index in [9.17, 15) is 4.79 Å². The van der Waals surface area contributed by atoms with Gasteiger partial charge in [0.25, 0.3) is 5.91 Å². The number of nitrogens with zero attached hydrogens (tertiary/aromatic N) is 2. The number of rotatable bonds is 3. The number of hydrogen-bond acceptors (Lipinski definition) is 3. The van der Waals surface area contributed by atoms with Gasteiger partial charge in [-0.2, -0.15) is 0 Å². The number of carbonyl (C=O) groups excluding carboxylic acids is 1. The van der Waals surface area contributed by atoms with Crippen LogP contribution in [0.3, 0.4) is 0 Å². The summed E-state index contributed by atoms with van der Waals surface area (Å²) in [6.07, 6.45) is 4.82. The van der Waals surface area contributed by atoms with Gasteiger partial charge in [-0.05, 0) is 18.8 Å². The molecule has 1 aromatic heterocycles. The predicted molar refractivity (Wildman–Crippen MR) is 54.3 cm³/mol. The molecule has 2 heterocycles. The quantitative estimate of drug-likeness (QED) is 0.750. The first kappa shape index (κ1) is 10.2. The SMILES string of the molecule is O=C(c1cnc[nH]1)N1CCC(CCO)C1. The Kier molecular flexibility index (Phi) is 3.01. The van der Waals surface area contributed by atoms with Gasteiger partial charge in [-0.1, -0.05) is 0 Å². The number of aromatic nitrogens is 2. The van der Waals surface area contributed by atoms with Crippen LogP contribution >= 0.6 is 0 Å². The van der Waals surface area contributed by atoms with E-state index in [1.165, 1.54) is 6.33 Å². The molecule has 5 nitrogen and oxygen atoms in total. The summed E-state index contributed by atoms with van der Waals surface area (Å²) in [5, 5.41) is 8.82. The molecule has 0 aliphatic carbocycles. The summed E-state index contributed by atoms with van der Waals surface area (Å²) in [6.45, 7) is 1.73. The standard InChI is InChI=1S/C10H15N3O2/c14-4-2-8-1-3-13(6-8)10(15)9-5-11-7-12-9/h5,7-8,14H,1-4,6H2,(H,11,12). The van der Waals surface area contributed by atoms with Crippen LogP contribution in [0.25, 0.3) is 0 Å². The first-order chi connectivity index (χ1) is 7.31. The smallest absolute Gasteiger partial charge is 0.271 e. The summed E-state index contributed by atoms with van der Waals surface area (Å²) in [6, 6.07) is 0. The van der Waals surface area contributed by atoms with Crippen molar-refractivity contribution in [3.63, 3.8) is 0 Å². The van der Waals surface area contributed by atoms with Gasteiger partial charge in [-0.3, -0.25) is 4.79 Å². The number of aliphatic hydroxyl groups is 1. The van der Waals surface area contributed by atoms with E-state index in [4.69, 9.17) is 5.11 Å². The summed E-state index contributed by atoms with van der Waals surface area (Å²) >= 11 is 0. The van der Waals surface area contributed by atoms with E-state index < -0.39 is 0 Å². The van der Waals surface area contributed by atoms with E-state index in [0.717, 1.165) is 25.9 Å². The van der Waals surface area contributed by atoms with Crippen LogP contribution in [0.4, 0.5) is 0 Å². The first-order valence-corrected chi connectivity index (χ1v) is 5.19. The molecule has 1 atom stereocenters. The number of nitrogens with one attached hydrogen (secondary N) is 1. The minimum Gasteiger partial charge on any atom is -0.396 e.